The first kappa shape index (κ1) is 17.3. The van der Waals surface area contributed by atoms with Gasteiger partial charge in [0.25, 0.3) is 0 Å². The molecular formula is C18H25NOS. The summed E-state index contributed by atoms with van der Waals surface area (Å²) in [7, 11) is 0. The van der Waals surface area contributed by atoms with Crippen molar-refractivity contribution < 1.29 is 4.42 Å². The van der Waals surface area contributed by atoms with Crippen molar-refractivity contribution in [3.8, 4) is 0 Å². The minimum absolute atomic E-state index is 1.01. The summed E-state index contributed by atoms with van der Waals surface area (Å²) in [5, 5.41) is 2.12. The van der Waals surface area contributed by atoms with Crippen LogP contribution in [0.15, 0.2) is 40.5 Å². The molecule has 0 spiro atoms. The Hall–Kier alpha value is -1.74. The van der Waals surface area contributed by atoms with E-state index >= 15 is 0 Å². The van der Waals surface area contributed by atoms with Crippen LogP contribution in [0.25, 0.3) is 0 Å². The van der Waals surface area contributed by atoms with Crippen LogP contribution in [0.2, 0.25) is 0 Å². The largest absolute Gasteiger partial charge is 0.469 e. The molecule has 1 N–H and O–H groups in total. The maximum Gasteiger partial charge on any atom is 0.103 e. The minimum atomic E-state index is 1.01. The van der Waals surface area contributed by atoms with Gasteiger partial charge in [-0.05, 0) is 81.8 Å². The lowest BCUT2D eigenvalue weighted by Crippen LogP contribution is -1.69. The SMILES string of the molecule is Cc1cc[nH]c1C.Cc1ccoc1C.Cc1ccsc1C. The van der Waals surface area contributed by atoms with Gasteiger partial charge in [-0.2, -0.15) is 0 Å². The number of aromatic nitrogens is 1. The fraction of sp³-hybridized carbons (Fsp3) is 0.333. The van der Waals surface area contributed by atoms with E-state index in [2.05, 4.69) is 50.2 Å². The van der Waals surface area contributed by atoms with Crippen molar-refractivity contribution >= 4 is 11.3 Å². The molecule has 3 heterocycles. The van der Waals surface area contributed by atoms with E-state index in [0.29, 0.717) is 0 Å². The van der Waals surface area contributed by atoms with E-state index < -0.39 is 0 Å². The monoisotopic (exact) mass is 303 g/mol. The number of hydrogen-bond acceptors (Lipinski definition) is 2. The van der Waals surface area contributed by atoms with Gasteiger partial charge < -0.3 is 9.40 Å². The molecule has 0 bridgehead atoms. The quantitative estimate of drug-likeness (QED) is 0.551. The molecule has 3 aromatic rings. The summed E-state index contributed by atoms with van der Waals surface area (Å²) in [5.41, 5.74) is 5.23. The van der Waals surface area contributed by atoms with Crippen molar-refractivity contribution in [2.24, 2.45) is 0 Å². The zero-order valence-corrected chi connectivity index (χ0v) is 14.6. The number of furan rings is 1. The summed E-state index contributed by atoms with van der Waals surface area (Å²) in [6, 6.07) is 6.16. The first-order valence-corrected chi connectivity index (χ1v) is 7.91. The van der Waals surface area contributed by atoms with E-state index in [1.165, 1.54) is 27.3 Å². The molecule has 3 rings (SSSR count). The van der Waals surface area contributed by atoms with Crippen molar-refractivity contribution in [2.75, 3.05) is 0 Å². The highest BCUT2D eigenvalue weighted by Crippen LogP contribution is 2.12. The Labute approximate surface area is 131 Å². The van der Waals surface area contributed by atoms with Gasteiger partial charge in [0.2, 0.25) is 0 Å². The van der Waals surface area contributed by atoms with Crippen molar-refractivity contribution in [1.82, 2.24) is 4.98 Å². The molecule has 0 unspecified atom stereocenters. The second-order valence-corrected chi connectivity index (χ2v) is 6.23. The summed E-state index contributed by atoms with van der Waals surface area (Å²) in [5.74, 6) is 1.01. The fourth-order valence-corrected chi connectivity index (χ4v) is 2.16. The molecule has 0 fully saturated rings. The smallest absolute Gasteiger partial charge is 0.103 e. The summed E-state index contributed by atoms with van der Waals surface area (Å²) in [6.07, 6.45) is 3.65. The van der Waals surface area contributed by atoms with Crippen LogP contribution < -0.4 is 0 Å². The van der Waals surface area contributed by atoms with Gasteiger partial charge in [0.1, 0.15) is 5.76 Å². The lowest BCUT2D eigenvalue weighted by atomic mass is 10.3. The zero-order valence-electron chi connectivity index (χ0n) is 13.8. The van der Waals surface area contributed by atoms with Gasteiger partial charge in [0, 0.05) is 16.8 Å². The topological polar surface area (TPSA) is 28.9 Å². The first-order valence-electron chi connectivity index (χ1n) is 7.03. The number of aromatic amines is 1. The van der Waals surface area contributed by atoms with E-state index in [4.69, 9.17) is 4.42 Å². The Kier molecular flexibility index (Phi) is 7.03. The number of thiophene rings is 1. The molecule has 3 heteroatoms. The molecule has 0 aliphatic carbocycles. The van der Waals surface area contributed by atoms with Crippen molar-refractivity contribution in [1.29, 1.82) is 0 Å². The molecule has 3 aromatic heterocycles. The van der Waals surface area contributed by atoms with Gasteiger partial charge in [-0.3, -0.25) is 0 Å². The minimum Gasteiger partial charge on any atom is -0.469 e. The number of H-pyrrole nitrogens is 1. The summed E-state index contributed by atoms with van der Waals surface area (Å²) >= 11 is 1.80. The average molecular weight is 303 g/mol. The fourth-order valence-electron chi connectivity index (χ4n) is 1.43. The van der Waals surface area contributed by atoms with Crippen LogP contribution in [0.4, 0.5) is 0 Å². The predicted molar refractivity (Wildman–Crippen MR) is 92.2 cm³/mol. The van der Waals surface area contributed by atoms with Crippen molar-refractivity contribution in [2.45, 2.75) is 41.5 Å². The molecule has 0 aliphatic heterocycles. The highest BCUT2D eigenvalue weighted by Gasteiger charge is 1.89. The highest BCUT2D eigenvalue weighted by molar-refractivity contribution is 7.10. The Morgan fingerprint density at radius 3 is 1.71 bits per heavy atom. The first-order chi connectivity index (χ1) is 9.91. The van der Waals surface area contributed by atoms with Crippen molar-refractivity contribution in [3.63, 3.8) is 0 Å². The number of nitrogens with one attached hydrogen (secondary N) is 1. The van der Waals surface area contributed by atoms with E-state index in [1.54, 1.807) is 17.6 Å². The lowest BCUT2D eigenvalue weighted by molar-refractivity contribution is 0.532. The number of aryl methyl sites for hydroxylation is 6. The molecule has 21 heavy (non-hydrogen) atoms. The van der Waals surface area contributed by atoms with Gasteiger partial charge >= 0.3 is 0 Å². The van der Waals surface area contributed by atoms with E-state index in [9.17, 15) is 0 Å². The van der Waals surface area contributed by atoms with Crippen LogP contribution in [0.1, 0.15) is 33.0 Å². The molecule has 0 aromatic carbocycles. The second kappa shape index (κ2) is 8.53. The molecule has 2 nitrogen and oxygen atoms in total. The standard InChI is InChI=1S/C6H9N.C6H8O.C6H8S/c3*1-5-3-4-7-6(5)2/h3-4,7H,1-2H3;2*3-4H,1-2H3. The van der Waals surface area contributed by atoms with Crippen LogP contribution >= 0.6 is 11.3 Å². The molecule has 0 saturated heterocycles. The van der Waals surface area contributed by atoms with Crippen LogP contribution in [0.3, 0.4) is 0 Å². The third kappa shape index (κ3) is 6.05. The van der Waals surface area contributed by atoms with Gasteiger partial charge in [0.05, 0.1) is 6.26 Å². The molecule has 0 amide bonds. The molecule has 0 atom stereocenters. The average Bonchev–Trinajstić information content (AvgIpc) is 3.11. The van der Waals surface area contributed by atoms with Crippen LogP contribution in [-0.2, 0) is 0 Å². The van der Waals surface area contributed by atoms with Gasteiger partial charge in [-0.1, -0.05) is 0 Å². The van der Waals surface area contributed by atoms with E-state index in [1.807, 2.05) is 26.1 Å². The molecular weight excluding hydrogens is 278 g/mol. The molecule has 0 aliphatic rings. The van der Waals surface area contributed by atoms with E-state index in [0.717, 1.165) is 5.76 Å². The van der Waals surface area contributed by atoms with Gasteiger partial charge in [0.15, 0.2) is 0 Å². The van der Waals surface area contributed by atoms with Crippen LogP contribution in [0, 0.1) is 41.5 Å². The van der Waals surface area contributed by atoms with Crippen LogP contribution in [-0.4, -0.2) is 4.98 Å². The molecule has 0 radical (unpaired) electrons. The molecule has 0 saturated carbocycles. The highest BCUT2D eigenvalue weighted by atomic mass is 32.1. The normalized spacial score (nSPS) is 9.43. The third-order valence-electron chi connectivity index (χ3n) is 3.46. The summed E-state index contributed by atoms with van der Waals surface area (Å²) in [6.45, 7) is 12.4. The van der Waals surface area contributed by atoms with Gasteiger partial charge in [-0.15, -0.1) is 11.3 Å². The Bertz CT molecular complexity index is 505. The predicted octanol–water partition coefficient (Wildman–Crippen LogP) is 5.89. The third-order valence-corrected chi connectivity index (χ3v) is 4.41. The van der Waals surface area contributed by atoms with Crippen LogP contribution in [0.5, 0.6) is 0 Å². The zero-order chi connectivity index (χ0) is 15.8. The lowest BCUT2D eigenvalue weighted by Gasteiger charge is -1.81. The number of hydrogen-bond donors (Lipinski definition) is 1. The van der Waals surface area contributed by atoms with Crippen molar-refractivity contribution in [3.05, 3.63) is 69.1 Å². The Morgan fingerprint density at radius 1 is 0.857 bits per heavy atom. The Balaban J connectivity index is 0.000000157. The maximum absolute atomic E-state index is 4.96. The second-order valence-electron chi connectivity index (χ2n) is 5.11. The maximum atomic E-state index is 4.96. The molecule has 114 valence electrons. The number of rotatable bonds is 0. The summed E-state index contributed by atoms with van der Waals surface area (Å²) in [4.78, 5) is 4.50. The van der Waals surface area contributed by atoms with E-state index in [-0.39, 0.29) is 0 Å². The van der Waals surface area contributed by atoms with Gasteiger partial charge in [-0.25, -0.2) is 0 Å². The summed E-state index contributed by atoms with van der Waals surface area (Å²) < 4.78 is 4.96. The Morgan fingerprint density at radius 2 is 1.57 bits per heavy atom.